The van der Waals surface area contributed by atoms with Crippen LogP contribution >= 0.6 is 0 Å². The Morgan fingerprint density at radius 2 is 1.91 bits per heavy atom. The van der Waals surface area contributed by atoms with Gasteiger partial charge in [-0.3, -0.25) is 10.1 Å². The predicted molar refractivity (Wildman–Crippen MR) is 81.6 cm³/mol. The Morgan fingerprint density at radius 1 is 1.26 bits per heavy atom. The van der Waals surface area contributed by atoms with Crippen LogP contribution in [-0.2, 0) is 19.6 Å². The number of rotatable bonds is 4. The lowest BCUT2D eigenvalue weighted by molar-refractivity contribution is -0.142. The Kier molecular flexibility index (Phi) is 5.22. The summed E-state index contributed by atoms with van der Waals surface area (Å²) >= 11 is 0. The first-order valence-corrected chi connectivity index (χ1v) is 8.50. The van der Waals surface area contributed by atoms with Crippen molar-refractivity contribution in [2.75, 3.05) is 19.0 Å². The first kappa shape index (κ1) is 17.2. The third-order valence-corrected chi connectivity index (χ3v) is 5.55. The van der Waals surface area contributed by atoms with Crippen molar-refractivity contribution in [3.8, 4) is 0 Å². The molecule has 1 aliphatic rings. The standard InChI is InChI=1S/C14H18N2O6S/c1-22-14(19)15-10-5-7-11(8-6-10)23(20,21)16-9-3-2-4-12(16)13(17)18/h5-8,12H,2-4,9H2,1H3,(H,15,19)(H,17,18)/t12-/m0/s1. The van der Waals surface area contributed by atoms with Crippen molar-refractivity contribution in [1.82, 2.24) is 4.31 Å². The van der Waals surface area contributed by atoms with Gasteiger partial charge in [-0.2, -0.15) is 4.31 Å². The van der Waals surface area contributed by atoms with Crippen LogP contribution in [0.4, 0.5) is 10.5 Å². The summed E-state index contributed by atoms with van der Waals surface area (Å²) in [5, 5.41) is 11.6. The fourth-order valence-corrected chi connectivity index (χ4v) is 4.10. The molecule has 0 aromatic heterocycles. The first-order chi connectivity index (χ1) is 10.9. The monoisotopic (exact) mass is 342 g/mol. The molecule has 2 N–H and O–H groups in total. The van der Waals surface area contributed by atoms with Gasteiger partial charge in [0.05, 0.1) is 12.0 Å². The molecule has 1 fully saturated rings. The van der Waals surface area contributed by atoms with Gasteiger partial charge in [0.1, 0.15) is 6.04 Å². The number of carbonyl (C=O) groups excluding carboxylic acids is 1. The molecule has 0 saturated carbocycles. The molecule has 8 nitrogen and oxygen atoms in total. The number of ether oxygens (including phenoxy) is 1. The van der Waals surface area contributed by atoms with E-state index >= 15 is 0 Å². The molecule has 0 unspecified atom stereocenters. The zero-order valence-electron chi connectivity index (χ0n) is 12.6. The number of anilines is 1. The largest absolute Gasteiger partial charge is 0.480 e. The molecule has 9 heteroatoms. The van der Waals surface area contributed by atoms with Crippen molar-refractivity contribution in [1.29, 1.82) is 0 Å². The molecule has 1 saturated heterocycles. The van der Waals surface area contributed by atoms with Gasteiger partial charge in [0.25, 0.3) is 0 Å². The van der Waals surface area contributed by atoms with E-state index in [1.54, 1.807) is 0 Å². The van der Waals surface area contributed by atoms with E-state index in [9.17, 15) is 23.1 Å². The molecule has 0 spiro atoms. The Bertz CT molecular complexity index is 686. The van der Waals surface area contributed by atoms with Crippen molar-refractivity contribution in [3.63, 3.8) is 0 Å². The number of piperidine rings is 1. The molecule has 1 amide bonds. The molecule has 0 bridgehead atoms. The van der Waals surface area contributed by atoms with E-state index in [2.05, 4.69) is 10.1 Å². The zero-order chi connectivity index (χ0) is 17.0. The van der Waals surface area contributed by atoms with E-state index in [4.69, 9.17) is 0 Å². The number of nitrogens with zero attached hydrogens (tertiary/aromatic N) is 1. The quantitative estimate of drug-likeness (QED) is 0.857. The highest BCUT2D eigenvalue weighted by atomic mass is 32.2. The van der Waals surface area contributed by atoms with Gasteiger partial charge >= 0.3 is 12.1 Å². The number of benzene rings is 1. The molecular formula is C14H18N2O6S. The van der Waals surface area contributed by atoms with Gasteiger partial charge in [-0.25, -0.2) is 13.2 Å². The topological polar surface area (TPSA) is 113 Å². The maximum Gasteiger partial charge on any atom is 0.411 e. The number of aliphatic carboxylic acids is 1. The van der Waals surface area contributed by atoms with Crippen LogP contribution in [0.1, 0.15) is 19.3 Å². The molecule has 1 aromatic rings. The molecule has 1 heterocycles. The van der Waals surface area contributed by atoms with Crippen molar-refractivity contribution in [3.05, 3.63) is 24.3 Å². The minimum Gasteiger partial charge on any atom is -0.480 e. The highest BCUT2D eigenvalue weighted by Gasteiger charge is 2.37. The van der Waals surface area contributed by atoms with Crippen LogP contribution in [-0.4, -0.2) is 49.6 Å². The number of carboxylic acids is 1. The van der Waals surface area contributed by atoms with Gasteiger partial charge in [0.2, 0.25) is 10.0 Å². The van der Waals surface area contributed by atoms with E-state index in [1.807, 2.05) is 0 Å². The van der Waals surface area contributed by atoms with E-state index in [0.29, 0.717) is 24.9 Å². The fourth-order valence-electron chi connectivity index (χ4n) is 2.45. The molecule has 1 aliphatic heterocycles. The van der Waals surface area contributed by atoms with Gasteiger partial charge in [-0.15, -0.1) is 0 Å². The van der Waals surface area contributed by atoms with Crippen LogP contribution < -0.4 is 5.32 Å². The number of sulfonamides is 1. The summed E-state index contributed by atoms with van der Waals surface area (Å²) in [5.74, 6) is -1.14. The first-order valence-electron chi connectivity index (χ1n) is 7.06. The Morgan fingerprint density at radius 3 is 2.48 bits per heavy atom. The van der Waals surface area contributed by atoms with E-state index in [1.165, 1.54) is 31.4 Å². The molecule has 1 atom stereocenters. The van der Waals surface area contributed by atoms with Gasteiger partial charge in [0, 0.05) is 12.2 Å². The van der Waals surface area contributed by atoms with Crippen LogP contribution in [0.3, 0.4) is 0 Å². The molecule has 0 radical (unpaired) electrons. The number of carbonyl (C=O) groups is 2. The smallest absolute Gasteiger partial charge is 0.411 e. The van der Waals surface area contributed by atoms with Crippen molar-refractivity contribution >= 4 is 27.8 Å². The Hall–Kier alpha value is -2.13. The fraction of sp³-hybridized carbons (Fsp3) is 0.429. The maximum atomic E-state index is 12.6. The Balaban J connectivity index is 2.24. The van der Waals surface area contributed by atoms with Gasteiger partial charge in [0.15, 0.2) is 0 Å². The molecular weight excluding hydrogens is 324 g/mol. The molecule has 2 rings (SSSR count). The minimum absolute atomic E-state index is 0.0129. The molecule has 0 aliphatic carbocycles. The highest BCUT2D eigenvalue weighted by Crippen LogP contribution is 2.26. The van der Waals surface area contributed by atoms with Crippen LogP contribution in [0.15, 0.2) is 29.2 Å². The zero-order valence-corrected chi connectivity index (χ0v) is 13.4. The van der Waals surface area contributed by atoms with Crippen LogP contribution in [0.2, 0.25) is 0 Å². The lowest BCUT2D eigenvalue weighted by Crippen LogP contribution is -2.47. The second kappa shape index (κ2) is 6.97. The number of methoxy groups -OCH3 is 1. The minimum atomic E-state index is -3.90. The summed E-state index contributed by atoms with van der Waals surface area (Å²) in [6.07, 6.45) is 0.953. The SMILES string of the molecule is COC(=O)Nc1ccc(S(=O)(=O)N2CCCC[C@H]2C(=O)O)cc1. The van der Waals surface area contributed by atoms with Crippen molar-refractivity contribution in [2.45, 2.75) is 30.2 Å². The average molecular weight is 342 g/mol. The number of hydrogen-bond acceptors (Lipinski definition) is 5. The third-order valence-electron chi connectivity index (χ3n) is 3.63. The second-order valence-corrected chi connectivity index (χ2v) is 7.00. The van der Waals surface area contributed by atoms with Crippen molar-refractivity contribution in [2.24, 2.45) is 0 Å². The number of amides is 1. The van der Waals surface area contributed by atoms with Gasteiger partial charge in [-0.1, -0.05) is 0 Å². The van der Waals surface area contributed by atoms with Crippen LogP contribution in [0.25, 0.3) is 0 Å². The summed E-state index contributed by atoms with van der Waals surface area (Å²) in [6, 6.07) is 4.46. The van der Waals surface area contributed by atoms with Gasteiger partial charge in [-0.05, 0) is 43.5 Å². The molecule has 23 heavy (non-hydrogen) atoms. The van der Waals surface area contributed by atoms with Gasteiger partial charge < -0.3 is 9.84 Å². The summed E-state index contributed by atoms with van der Waals surface area (Å²) in [5.41, 5.74) is 0.379. The lowest BCUT2D eigenvalue weighted by Gasteiger charge is -2.31. The highest BCUT2D eigenvalue weighted by molar-refractivity contribution is 7.89. The number of hydrogen-bond donors (Lipinski definition) is 2. The van der Waals surface area contributed by atoms with Crippen LogP contribution in [0, 0.1) is 0 Å². The molecule has 1 aromatic carbocycles. The number of nitrogens with one attached hydrogen (secondary N) is 1. The second-order valence-electron chi connectivity index (χ2n) is 5.11. The predicted octanol–water partition coefficient (Wildman–Crippen LogP) is 1.49. The molecule has 126 valence electrons. The Labute approximate surface area is 134 Å². The van der Waals surface area contributed by atoms with E-state index in [-0.39, 0.29) is 11.4 Å². The average Bonchev–Trinajstić information content (AvgIpc) is 2.55. The van der Waals surface area contributed by atoms with Crippen molar-refractivity contribution < 1.29 is 27.9 Å². The maximum absolute atomic E-state index is 12.6. The number of carboxylic acid groups (broad SMARTS) is 1. The third kappa shape index (κ3) is 3.80. The summed E-state index contributed by atoms with van der Waals surface area (Å²) < 4.78 is 30.8. The van der Waals surface area contributed by atoms with Crippen LogP contribution in [0.5, 0.6) is 0 Å². The normalized spacial score (nSPS) is 19.1. The lowest BCUT2D eigenvalue weighted by atomic mass is 10.1. The summed E-state index contributed by atoms with van der Waals surface area (Å²) in [7, 11) is -2.68. The summed E-state index contributed by atoms with van der Waals surface area (Å²) in [4.78, 5) is 22.4. The van der Waals surface area contributed by atoms with E-state index < -0.39 is 28.1 Å². The van der Waals surface area contributed by atoms with E-state index in [0.717, 1.165) is 4.31 Å². The summed E-state index contributed by atoms with van der Waals surface area (Å²) in [6.45, 7) is 0.182.